The standard InChI is InChI=1S/C12H10ClN3/c1-7-10-6-8-5-9(13)3-4-11(8)14-12(10)16(2)15-7/h3-6H,1-2H3. The van der Waals surface area contributed by atoms with E-state index in [0.29, 0.717) is 0 Å². The maximum absolute atomic E-state index is 5.97. The number of nitrogens with zero attached hydrogens (tertiary/aromatic N) is 3. The van der Waals surface area contributed by atoms with Gasteiger partial charge in [-0.2, -0.15) is 5.10 Å². The third-order valence-electron chi connectivity index (χ3n) is 2.75. The molecule has 0 aliphatic carbocycles. The lowest BCUT2D eigenvalue weighted by molar-refractivity contribution is 0.775. The molecule has 0 fully saturated rings. The highest BCUT2D eigenvalue weighted by molar-refractivity contribution is 6.31. The van der Waals surface area contributed by atoms with Crippen LogP contribution in [0.3, 0.4) is 0 Å². The van der Waals surface area contributed by atoms with Crippen LogP contribution in [0.4, 0.5) is 0 Å². The van der Waals surface area contributed by atoms with Gasteiger partial charge < -0.3 is 0 Å². The van der Waals surface area contributed by atoms with Crippen molar-refractivity contribution < 1.29 is 0 Å². The van der Waals surface area contributed by atoms with E-state index < -0.39 is 0 Å². The molecule has 0 spiro atoms. The van der Waals surface area contributed by atoms with E-state index in [-0.39, 0.29) is 0 Å². The summed E-state index contributed by atoms with van der Waals surface area (Å²) >= 11 is 5.97. The van der Waals surface area contributed by atoms with Gasteiger partial charge in [-0.3, -0.25) is 4.68 Å². The number of hydrogen-bond acceptors (Lipinski definition) is 2. The van der Waals surface area contributed by atoms with E-state index in [0.717, 1.165) is 32.7 Å². The van der Waals surface area contributed by atoms with Crippen molar-refractivity contribution in [2.24, 2.45) is 7.05 Å². The van der Waals surface area contributed by atoms with Gasteiger partial charge >= 0.3 is 0 Å². The smallest absolute Gasteiger partial charge is 0.158 e. The van der Waals surface area contributed by atoms with Crippen LogP contribution in [-0.2, 0) is 7.05 Å². The fourth-order valence-electron chi connectivity index (χ4n) is 1.98. The van der Waals surface area contributed by atoms with E-state index >= 15 is 0 Å². The van der Waals surface area contributed by atoms with Crippen molar-refractivity contribution in [1.29, 1.82) is 0 Å². The van der Waals surface area contributed by atoms with Crippen LogP contribution in [-0.4, -0.2) is 14.8 Å². The number of hydrogen-bond donors (Lipinski definition) is 0. The van der Waals surface area contributed by atoms with E-state index in [1.54, 1.807) is 4.68 Å². The number of pyridine rings is 1. The summed E-state index contributed by atoms with van der Waals surface area (Å²) in [5.41, 5.74) is 2.85. The Morgan fingerprint density at radius 2 is 2.06 bits per heavy atom. The van der Waals surface area contributed by atoms with Crippen LogP contribution in [0.25, 0.3) is 21.9 Å². The fourth-order valence-corrected chi connectivity index (χ4v) is 2.16. The highest BCUT2D eigenvalue weighted by Crippen LogP contribution is 2.23. The predicted octanol–water partition coefficient (Wildman–Crippen LogP) is 3.08. The van der Waals surface area contributed by atoms with Gasteiger partial charge in [-0.1, -0.05) is 11.6 Å². The second kappa shape index (κ2) is 3.19. The first-order valence-corrected chi connectivity index (χ1v) is 5.42. The zero-order chi connectivity index (χ0) is 11.3. The maximum atomic E-state index is 5.97. The summed E-state index contributed by atoms with van der Waals surface area (Å²) in [5.74, 6) is 0. The van der Waals surface area contributed by atoms with Crippen LogP contribution < -0.4 is 0 Å². The Bertz CT molecular complexity index is 700. The average Bonchev–Trinajstić information content (AvgIpc) is 2.52. The minimum Gasteiger partial charge on any atom is -0.250 e. The van der Waals surface area contributed by atoms with Crippen LogP contribution in [0.15, 0.2) is 24.3 Å². The molecule has 0 atom stereocenters. The molecule has 0 N–H and O–H groups in total. The molecule has 0 saturated carbocycles. The molecule has 0 aliphatic rings. The monoisotopic (exact) mass is 231 g/mol. The van der Waals surface area contributed by atoms with Crippen molar-refractivity contribution in [3.8, 4) is 0 Å². The van der Waals surface area contributed by atoms with Crippen molar-refractivity contribution >= 4 is 33.5 Å². The molecular formula is C12H10ClN3. The molecular weight excluding hydrogens is 222 g/mol. The number of aryl methyl sites for hydroxylation is 2. The molecule has 3 rings (SSSR count). The zero-order valence-electron chi connectivity index (χ0n) is 9.03. The van der Waals surface area contributed by atoms with Gasteiger partial charge in [0.1, 0.15) is 0 Å². The van der Waals surface area contributed by atoms with Gasteiger partial charge in [-0.15, -0.1) is 0 Å². The lowest BCUT2D eigenvalue weighted by atomic mass is 10.1. The molecule has 0 amide bonds. The summed E-state index contributed by atoms with van der Waals surface area (Å²) in [6.45, 7) is 1.99. The van der Waals surface area contributed by atoms with Crippen molar-refractivity contribution in [1.82, 2.24) is 14.8 Å². The third-order valence-corrected chi connectivity index (χ3v) is 2.99. The van der Waals surface area contributed by atoms with Crippen LogP contribution in [0.1, 0.15) is 5.69 Å². The van der Waals surface area contributed by atoms with Crippen molar-refractivity contribution in [2.75, 3.05) is 0 Å². The van der Waals surface area contributed by atoms with E-state index in [2.05, 4.69) is 16.1 Å². The summed E-state index contributed by atoms with van der Waals surface area (Å²) in [6.07, 6.45) is 0. The molecule has 16 heavy (non-hydrogen) atoms. The lowest BCUT2D eigenvalue weighted by Crippen LogP contribution is -1.92. The van der Waals surface area contributed by atoms with Gasteiger partial charge in [0.2, 0.25) is 0 Å². The molecule has 0 bridgehead atoms. The first-order chi connectivity index (χ1) is 7.65. The SMILES string of the molecule is Cc1nn(C)c2nc3ccc(Cl)cc3cc12. The van der Waals surface area contributed by atoms with Crippen LogP contribution in [0.2, 0.25) is 5.02 Å². The highest BCUT2D eigenvalue weighted by atomic mass is 35.5. The minimum atomic E-state index is 0.732. The Morgan fingerprint density at radius 3 is 2.88 bits per heavy atom. The van der Waals surface area contributed by atoms with Crippen LogP contribution in [0, 0.1) is 6.92 Å². The quantitative estimate of drug-likeness (QED) is 0.595. The molecule has 3 nitrogen and oxygen atoms in total. The molecule has 0 saturated heterocycles. The maximum Gasteiger partial charge on any atom is 0.158 e. The number of aromatic nitrogens is 3. The molecule has 3 aromatic rings. The largest absolute Gasteiger partial charge is 0.250 e. The Labute approximate surface area is 97.7 Å². The summed E-state index contributed by atoms with van der Waals surface area (Å²) in [6, 6.07) is 7.80. The fraction of sp³-hybridized carbons (Fsp3) is 0.167. The normalized spacial score (nSPS) is 11.4. The van der Waals surface area contributed by atoms with E-state index in [1.165, 1.54) is 0 Å². The summed E-state index contributed by atoms with van der Waals surface area (Å²) in [5, 5.41) is 7.22. The van der Waals surface area contributed by atoms with Crippen molar-refractivity contribution in [3.63, 3.8) is 0 Å². The average molecular weight is 232 g/mol. The summed E-state index contributed by atoms with van der Waals surface area (Å²) in [7, 11) is 1.91. The molecule has 0 aliphatic heterocycles. The Balaban J connectivity index is 2.51. The molecule has 2 aromatic heterocycles. The molecule has 2 heterocycles. The summed E-state index contributed by atoms with van der Waals surface area (Å²) < 4.78 is 1.80. The first kappa shape index (κ1) is 9.60. The topological polar surface area (TPSA) is 30.7 Å². The van der Waals surface area contributed by atoms with Gasteiger partial charge in [0.25, 0.3) is 0 Å². The number of rotatable bonds is 0. The van der Waals surface area contributed by atoms with Crippen molar-refractivity contribution in [2.45, 2.75) is 6.92 Å². The molecule has 1 aromatic carbocycles. The Hall–Kier alpha value is -1.61. The van der Waals surface area contributed by atoms with Gasteiger partial charge in [-0.05, 0) is 31.2 Å². The Kier molecular flexibility index (Phi) is 1.91. The van der Waals surface area contributed by atoms with Crippen LogP contribution in [0.5, 0.6) is 0 Å². The van der Waals surface area contributed by atoms with E-state index in [1.807, 2.05) is 32.2 Å². The number of fused-ring (bicyclic) bond motifs is 2. The van der Waals surface area contributed by atoms with E-state index in [9.17, 15) is 0 Å². The molecule has 80 valence electrons. The highest BCUT2D eigenvalue weighted by Gasteiger charge is 2.07. The minimum absolute atomic E-state index is 0.732. The second-order valence-corrected chi connectivity index (χ2v) is 4.34. The Morgan fingerprint density at radius 1 is 1.25 bits per heavy atom. The molecule has 0 unspecified atom stereocenters. The van der Waals surface area contributed by atoms with E-state index in [4.69, 9.17) is 11.6 Å². The van der Waals surface area contributed by atoms with Gasteiger partial charge in [0.15, 0.2) is 5.65 Å². The number of halogens is 1. The third kappa shape index (κ3) is 1.28. The molecule has 4 heteroatoms. The molecule has 0 radical (unpaired) electrons. The zero-order valence-corrected chi connectivity index (χ0v) is 9.78. The second-order valence-electron chi connectivity index (χ2n) is 3.91. The van der Waals surface area contributed by atoms with Crippen molar-refractivity contribution in [3.05, 3.63) is 35.0 Å². The first-order valence-electron chi connectivity index (χ1n) is 5.05. The summed E-state index contributed by atoms with van der Waals surface area (Å²) in [4.78, 5) is 4.58. The number of benzene rings is 1. The van der Waals surface area contributed by atoms with Gasteiger partial charge in [0.05, 0.1) is 11.2 Å². The lowest BCUT2D eigenvalue weighted by Gasteiger charge is -1.99. The van der Waals surface area contributed by atoms with Gasteiger partial charge in [-0.25, -0.2) is 4.98 Å². The van der Waals surface area contributed by atoms with Crippen LogP contribution >= 0.6 is 11.6 Å². The van der Waals surface area contributed by atoms with Gasteiger partial charge in [0, 0.05) is 22.8 Å². The predicted molar refractivity (Wildman–Crippen MR) is 65.8 cm³/mol.